The minimum absolute atomic E-state index is 0.139. The van der Waals surface area contributed by atoms with Gasteiger partial charge in [0.1, 0.15) is 0 Å². The van der Waals surface area contributed by atoms with Gasteiger partial charge in [0.05, 0.1) is 12.7 Å². The van der Waals surface area contributed by atoms with Crippen LogP contribution in [0.1, 0.15) is 6.92 Å². The average molecular weight is 206 g/mol. The van der Waals surface area contributed by atoms with E-state index in [-0.39, 0.29) is 6.61 Å². The summed E-state index contributed by atoms with van der Waals surface area (Å²) in [6.07, 6.45) is 0.273. The van der Waals surface area contributed by atoms with Crippen molar-refractivity contribution in [1.82, 2.24) is 0 Å². The van der Waals surface area contributed by atoms with E-state index in [2.05, 4.69) is 13.2 Å². The zero-order valence-corrected chi connectivity index (χ0v) is 10.1. The summed E-state index contributed by atoms with van der Waals surface area (Å²) in [4.78, 5) is 9.25. The highest BCUT2D eigenvalue weighted by Gasteiger charge is 1.83. The van der Waals surface area contributed by atoms with Crippen molar-refractivity contribution >= 4 is 16.2 Å². The number of rotatable bonds is 2. The summed E-state index contributed by atoms with van der Waals surface area (Å²) < 4.78 is 0. The van der Waals surface area contributed by atoms with E-state index in [4.69, 9.17) is 15.3 Å². The third-order valence-electron chi connectivity index (χ3n) is 0.439. The number of hydrogen-bond acceptors (Lipinski definition) is 3. The second kappa shape index (κ2) is 17.2. The molecule has 0 aliphatic rings. The second-order valence-corrected chi connectivity index (χ2v) is 2.80. The highest BCUT2D eigenvalue weighted by atomic mass is 28.1. The van der Waals surface area contributed by atoms with Crippen molar-refractivity contribution in [2.45, 2.75) is 13.0 Å². The van der Waals surface area contributed by atoms with E-state index in [0.29, 0.717) is 0 Å². The lowest BCUT2D eigenvalue weighted by atomic mass is 10.5. The van der Waals surface area contributed by atoms with Crippen molar-refractivity contribution < 1.29 is 20.1 Å². The molecule has 0 aromatic rings. The molecular formula is C8H18O4Si. The van der Waals surface area contributed by atoms with E-state index in [9.17, 15) is 4.79 Å². The summed E-state index contributed by atoms with van der Waals surface area (Å²) in [5.41, 5.74) is 1.89. The molecule has 4 nitrogen and oxygen atoms in total. The van der Waals surface area contributed by atoms with Crippen LogP contribution < -0.4 is 0 Å². The molecule has 0 heterocycles. The maximum Gasteiger partial charge on any atom is 0.327 e. The Morgan fingerprint density at radius 1 is 1.62 bits per heavy atom. The molecular weight excluding hydrogens is 188 g/mol. The molecule has 0 aromatic carbocycles. The van der Waals surface area contributed by atoms with Crippen LogP contribution in [0.25, 0.3) is 0 Å². The molecule has 1 unspecified atom stereocenters. The van der Waals surface area contributed by atoms with Crippen LogP contribution in [0.4, 0.5) is 0 Å². The van der Waals surface area contributed by atoms with Gasteiger partial charge in [-0.3, -0.25) is 0 Å². The summed E-state index contributed by atoms with van der Waals surface area (Å²) >= 11 is 0. The SMILES string of the molecule is C=CC(=O)O.C=C[SiH3].CC(O)CO. The molecule has 0 aliphatic carbocycles. The van der Waals surface area contributed by atoms with Crippen LogP contribution in [0.5, 0.6) is 0 Å². The van der Waals surface area contributed by atoms with Crippen LogP contribution in [-0.2, 0) is 4.79 Å². The van der Waals surface area contributed by atoms with Crippen LogP contribution in [-0.4, -0.2) is 44.2 Å². The van der Waals surface area contributed by atoms with E-state index in [0.717, 1.165) is 16.3 Å². The molecule has 78 valence electrons. The smallest absolute Gasteiger partial charge is 0.327 e. The Balaban J connectivity index is -0.000000120. The normalized spacial score (nSPS) is 9.46. The molecule has 0 saturated heterocycles. The zero-order chi connectivity index (χ0) is 11.3. The minimum Gasteiger partial charge on any atom is -0.478 e. The molecule has 5 heteroatoms. The number of aliphatic hydroxyl groups excluding tert-OH is 2. The highest BCUT2D eigenvalue weighted by Crippen LogP contribution is 1.68. The quantitative estimate of drug-likeness (QED) is 0.405. The Kier molecular flexibility index (Phi) is 23.9. The summed E-state index contributed by atoms with van der Waals surface area (Å²) in [5, 5.41) is 23.6. The number of aliphatic hydroxyl groups is 2. The Labute approximate surface area is 81.6 Å². The van der Waals surface area contributed by atoms with Gasteiger partial charge in [-0.2, -0.15) is 0 Å². The standard InChI is InChI=1S/C3H8O2.C3H4O2.C2H6Si/c1-3(5)2-4;1-2-3(4)5;1-2-3/h3-5H,2H2,1H3;2H,1H2,(H,4,5);2H,1H2,3H3. The largest absolute Gasteiger partial charge is 0.478 e. The van der Waals surface area contributed by atoms with E-state index in [1.807, 2.05) is 5.70 Å². The van der Waals surface area contributed by atoms with Crippen LogP contribution >= 0.6 is 0 Å². The van der Waals surface area contributed by atoms with Gasteiger partial charge in [-0.05, 0) is 6.92 Å². The fourth-order valence-corrected chi connectivity index (χ4v) is 0. The van der Waals surface area contributed by atoms with Crippen LogP contribution in [0.15, 0.2) is 24.9 Å². The summed E-state index contributed by atoms with van der Waals surface area (Å²) in [5.74, 6) is -0.981. The van der Waals surface area contributed by atoms with Gasteiger partial charge in [0.15, 0.2) is 0 Å². The zero-order valence-electron chi connectivity index (χ0n) is 8.10. The van der Waals surface area contributed by atoms with Crippen molar-refractivity contribution in [3.8, 4) is 0 Å². The molecule has 0 aromatic heterocycles. The van der Waals surface area contributed by atoms with Crippen molar-refractivity contribution in [2.24, 2.45) is 0 Å². The number of aliphatic carboxylic acids is 1. The van der Waals surface area contributed by atoms with E-state index in [1.165, 1.54) is 6.92 Å². The maximum atomic E-state index is 9.25. The summed E-state index contributed by atoms with van der Waals surface area (Å²) in [6.45, 7) is 7.77. The minimum atomic E-state index is -0.981. The Bertz CT molecular complexity index is 134. The van der Waals surface area contributed by atoms with Crippen molar-refractivity contribution in [1.29, 1.82) is 0 Å². The van der Waals surface area contributed by atoms with Crippen LogP contribution in [0.2, 0.25) is 0 Å². The predicted octanol–water partition coefficient (Wildman–Crippen LogP) is -0.888. The van der Waals surface area contributed by atoms with Crippen molar-refractivity contribution in [2.75, 3.05) is 6.61 Å². The summed E-state index contributed by atoms with van der Waals surface area (Å²) in [7, 11) is 1.13. The molecule has 0 saturated carbocycles. The number of carboxylic acid groups (broad SMARTS) is 1. The van der Waals surface area contributed by atoms with Gasteiger partial charge in [-0.1, -0.05) is 6.58 Å². The van der Waals surface area contributed by atoms with Crippen LogP contribution in [0, 0.1) is 0 Å². The van der Waals surface area contributed by atoms with Gasteiger partial charge in [0.2, 0.25) is 0 Å². The average Bonchev–Trinajstić information content (AvgIpc) is 2.07. The van der Waals surface area contributed by atoms with Gasteiger partial charge in [0.25, 0.3) is 0 Å². The first-order valence-corrected chi connectivity index (χ1v) is 4.82. The first-order chi connectivity index (χ1) is 5.95. The first-order valence-electron chi connectivity index (χ1n) is 3.67. The molecule has 0 bridgehead atoms. The van der Waals surface area contributed by atoms with Gasteiger partial charge in [-0.15, -0.1) is 12.3 Å². The van der Waals surface area contributed by atoms with Gasteiger partial charge >= 0.3 is 5.97 Å². The molecule has 0 spiro atoms. The molecule has 0 amide bonds. The number of carboxylic acids is 1. The molecule has 1 atom stereocenters. The van der Waals surface area contributed by atoms with Gasteiger partial charge in [-0.25, -0.2) is 4.79 Å². The number of hydrogen-bond donors (Lipinski definition) is 3. The van der Waals surface area contributed by atoms with Crippen molar-refractivity contribution in [3.05, 3.63) is 24.9 Å². The Morgan fingerprint density at radius 2 is 1.77 bits per heavy atom. The number of carbonyl (C=O) groups is 1. The van der Waals surface area contributed by atoms with Gasteiger partial charge in [0, 0.05) is 16.3 Å². The first kappa shape index (κ1) is 18.0. The lowest BCUT2D eigenvalue weighted by Crippen LogP contribution is -2.03. The lowest BCUT2D eigenvalue weighted by molar-refractivity contribution is -0.131. The Hall–Kier alpha value is -0.913. The third kappa shape index (κ3) is 96.1. The summed E-state index contributed by atoms with van der Waals surface area (Å²) in [6, 6.07) is 0. The topological polar surface area (TPSA) is 77.8 Å². The van der Waals surface area contributed by atoms with Crippen molar-refractivity contribution in [3.63, 3.8) is 0 Å². The molecule has 13 heavy (non-hydrogen) atoms. The predicted molar refractivity (Wildman–Crippen MR) is 56.7 cm³/mol. The van der Waals surface area contributed by atoms with Gasteiger partial charge < -0.3 is 15.3 Å². The molecule has 0 radical (unpaired) electrons. The third-order valence-corrected chi connectivity index (χ3v) is 0.439. The van der Waals surface area contributed by atoms with E-state index < -0.39 is 12.1 Å². The monoisotopic (exact) mass is 206 g/mol. The Morgan fingerprint density at radius 3 is 1.77 bits per heavy atom. The maximum absolute atomic E-state index is 9.25. The molecule has 3 N–H and O–H groups in total. The van der Waals surface area contributed by atoms with E-state index >= 15 is 0 Å². The fourth-order valence-electron chi connectivity index (χ4n) is 0. The van der Waals surface area contributed by atoms with Crippen LogP contribution in [0.3, 0.4) is 0 Å². The highest BCUT2D eigenvalue weighted by molar-refractivity contribution is 6.16. The molecule has 0 rings (SSSR count). The molecule has 0 aliphatic heterocycles. The van der Waals surface area contributed by atoms with E-state index in [1.54, 1.807) is 0 Å². The fraction of sp³-hybridized carbons (Fsp3) is 0.375. The second-order valence-electron chi connectivity index (χ2n) is 1.98. The molecule has 0 fully saturated rings. The lowest BCUT2D eigenvalue weighted by Gasteiger charge is -1.90.